The van der Waals surface area contributed by atoms with Crippen molar-refractivity contribution in [3.05, 3.63) is 101 Å². The molecule has 1 aliphatic rings. The summed E-state index contributed by atoms with van der Waals surface area (Å²) in [5, 5.41) is 30.4. The Balaban J connectivity index is 1.60. The van der Waals surface area contributed by atoms with Crippen molar-refractivity contribution >= 4 is 47.2 Å². The second-order valence-electron chi connectivity index (χ2n) is 7.90. The van der Waals surface area contributed by atoms with Gasteiger partial charge in [0, 0.05) is 30.3 Å². The Morgan fingerprint density at radius 2 is 1.92 bits per heavy atom. The first kappa shape index (κ1) is 23.3. The van der Waals surface area contributed by atoms with Crippen molar-refractivity contribution in [3.63, 3.8) is 0 Å². The Morgan fingerprint density at radius 3 is 2.64 bits per heavy atom. The van der Waals surface area contributed by atoms with E-state index in [1.54, 1.807) is 36.9 Å². The molecule has 0 saturated carbocycles. The van der Waals surface area contributed by atoms with Gasteiger partial charge in [-0.1, -0.05) is 30.3 Å². The number of para-hydroxylation sites is 1. The number of nitro groups is 1. The average molecular weight is 519 g/mol. The lowest BCUT2D eigenvalue weighted by molar-refractivity contribution is -0.384. The van der Waals surface area contributed by atoms with Gasteiger partial charge in [0.05, 0.1) is 27.4 Å². The van der Waals surface area contributed by atoms with Crippen LogP contribution in [0.1, 0.15) is 16.1 Å². The second kappa shape index (κ2) is 8.98. The summed E-state index contributed by atoms with van der Waals surface area (Å²) in [5.74, 6) is -0.192. The summed E-state index contributed by atoms with van der Waals surface area (Å²) in [4.78, 5) is 24.5. The molecule has 4 aromatic rings. The third-order valence-electron chi connectivity index (χ3n) is 5.80. The summed E-state index contributed by atoms with van der Waals surface area (Å²) in [5.41, 5.74) is 2.63. The highest BCUT2D eigenvalue weighted by atomic mass is 32.1. The normalized spacial score (nSPS) is 13.9. The van der Waals surface area contributed by atoms with Gasteiger partial charge in [-0.05, 0) is 37.4 Å². The maximum Gasteiger partial charge on any atom is 0.296 e. The first-order chi connectivity index (χ1) is 17.3. The zero-order valence-corrected chi connectivity index (χ0v) is 20.7. The van der Waals surface area contributed by atoms with Crippen LogP contribution in [-0.4, -0.2) is 35.9 Å². The van der Waals surface area contributed by atoms with E-state index in [9.17, 15) is 20.0 Å². The van der Waals surface area contributed by atoms with Gasteiger partial charge in [0.15, 0.2) is 3.95 Å². The van der Waals surface area contributed by atoms with Gasteiger partial charge in [0.2, 0.25) is 5.88 Å². The highest BCUT2D eigenvalue weighted by Gasteiger charge is 2.24. The molecule has 12 heteroatoms. The molecule has 0 radical (unpaired) electrons. The Hall–Kier alpha value is -4.42. The molecule has 1 aliphatic heterocycles. The van der Waals surface area contributed by atoms with Crippen LogP contribution in [0.2, 0.25) is 0 Å². The van der Waals surface area contributed by atoms with E-state index in [-0.39, 0.29) is 26.8 Å². The third-order valence-corrected chi connectivity index (χ3v) is 7.11. The number of allylic oxidation sites excluding steroid dienone is 1. The maximum absolute atomic E-state index is 13.5. The van der Waals surface area contributed by atoms with E-state index in [0.717, 1.165) is 11.3 Å². The number of thiazole rings is 1. The molecule has 10 nitrogen and oxygen atoms in total. The van der Waals surface area contributed by atoms with Crippen LogP contribution in [-0.2, 0) is 7.05 Å². The molecule has 5 rings (SSSR count). The highest BCUT2D eigenvalue weighted by molar-refractivity contribution is 7.73. The van der Waals surface area contributed by atoms with Crippen LogP contribution < -0.4 is 5.56 Å². The van der Waals surface area contributed by atoms with E-state index in [0.29, 0.717) is 33.1 Å². The van der Waals surface area contributed by atoms with Gasteiger partial charge >= 0.3 is 0 Å². The molecular formula is C24H18N6O4S2. The Kier molecular flexibility index (Phi) is 5.82. The van der Waals surface area contributed by atoms with Crippen LogP contribution in [0.15, 0.2) is 75.2 Å². The standard InChI is InChI=1S/C24H18N6O4S2/c1-14-21(23(32)29(27(14)2)17-8-4-3-5-9-17)28-22(31)19(36-24(28)35)12-16-13-25-26-20(16)15-7-6-10-18(11-15)30(33)34/h3-13,31H,1-2H3. The van der Waals surface area contributed by atoms with Gasteiger partial charge in [0.1, 0.15) is 11.4 Å². The number of rotatable bonds is 5. The molecule has 0 atom stereocenters. The van der Waals surface area contributed by atoms with Crippen LogP contribution in [0, 0.1) is 21.0 Å². The summed E-state index contributed by atoms with van der Waals surface area (Å²) in [6.45, 7) is 1.78. The number of non-ortho nitro benzene ring substituents is 1. The van der Waals surface area contributed by atoms with E-state index in [2.05, 4.69) is 10.2 Å². The van der Waals surface area contributed by atoms with Crippen molar-refractivity contribution in [2.45, 2.75) is 6.92 Å². The lowest BCUT2D eigenvalue weighted by Crippen LogP contribution is -2.21. The van der Waals surface area contributed by atoms with Crippen molar-refractivity contribution in [2.75, 3.05) is 0 Å². The van der Waals surface area contributed by atoms with Crippen LogP contribution in [0.3, 0.4) is 0 Å². The Morgan fingerprint density at radius 1 is 1.17 bits per heavy atom. The van der Waals surface area contributed by atoms with Crippen LogP contribution in [0.25, 0.3) is 17.5 Å². The number of aromatic nitrogens is 3. The molecule has 180 valence electrons. The third kappa shape index (κ3) is 3.82. The van der Waals surface area contributed by atoms with Crippen molar-refractivity contribution in [3.8, 4) is 17.3 Å². The van der Waals surface area contributed by atoms with Gasteiger partial charge in [-0.2, -0.15) is 5.10 Å². The fraction of sp³-hybridized carbons (Fsp3) is 0.0833. The summed E-state index contributed by atoms with van der Waals surface area (Å²) >= 11 is 6.66. The van der Waals surface area contributed by atoms with Gasteiger partial charge in [-0.15, -0.1) is 16.4 Å². The van der Waals surface area contributed by atoms with Gasteiger partial charge in [-0.3, -0.25) is 24.2 Å². The first-order valence-corrected chi connectivity index (χ1v) is 11.9. The molecule has 36 heavy (non-hydrogen) atoms. The summed E-state index contributed by atoms with van der Waals surface area (Å²) in [6.07, 6.45) is 3.14. The minimum atomic E-state index is -0.481. The number of nitro benzene ring substituents is 1. The fourth-order valence-corrected chi connectivity index (χ4v) is 5.26. The van der Waals surface area contributed by atoms with Crippen LogP contribution >= 0.6 is 23.6 Å². The Bertz CT molecular complexity index is 1740. The zero-order chi connectivity index (χ0) is 25.6. The topological polar surface area (TPSA) is 120 Å². The van der Waals surface area contributed by atoms with Crippen LogP contribution in [0.4, 0.5) is 5.69 Å². The lowest BCUT2D eigenvalue weighted by Gasteiger charge is -2.07. The van der Waals surface area contributed by atoms with E-state index < -0.39 is 4.92 Å². The number of aromatic hydroxyl groups is 1. The summed E-state index contributed by atoms with van der Waals surface area (Å²) in [6, 6.07) is 15.3. The van der Waals surface area contributed by atoms with Crippen LogP contribution in [0.5, 0.6) is 5.88 Å². The molecular weight excluding hydrogens is 500 g/mol. The molecule has 0 aliphatic carbocycles. The van der Waals surface area contributed by atoms with E-state index >= 15 is 0 Å². The number of hydrogen-bond acceptors (Lipinski definition) is 8. The predicted molar refractivity (Wildman–Crippen MR) is 142 cm³/mol. The monoisotopic (exact) mass is 518 g/mol. The molecule has 0 spiro atoms. The highest BCUT2D eigenvalue weighted by Crippen LogP contribution is 2.33. The minimum absolute atomic E-state index is 0.0691. The van der Waals surface area contributed by atoms with E-state index in [1.807, 2.05) is 30.3 Å². The SMILES string of the molecule is Cc1c(-n2c(O)c(C=C3C=NN=C3c3cccc([N+](=O)[O-])c3)sc2=S)c(=O)n(-c2ccccc2)n1C. The fourth-order valence-electron chi connectivity index (χ4n) is 3.99. The zero-order valence-electron chi connectivity index (χ0n) is 19.0. The molecule has 0 amide bonds. The summed E-state index contributed by atoms with van der Waals surface area (Å²) < 4.78 is 4.87. The van der Waals surface area contributed by atoms with Crippen molar-refractivity contribution in [2.24, 2.45) is 17.3 Å². The maximum atomic E-state index is 13.5. The average Bonchev–Trinajstić information content (AvgIpc) is 3.50. The number of benzene rings is 2. The molecule has 0 bridgehead atoms. The molecule has 0 unspecified atom stereocenters. The minimum Gasteiger partial charge on any atom is -0.493 e. The van der Waals surface area contributed by atoms with Crippen molar-refractivity contribution < 1.29 is 10.0 Å². The van der Waals surface area contributed by atoms with E-state index in [4.69, 9.17) is 12.2 Å². The molecule has 2 aromatic carbocycles. The molecule has 0 saturated heterocycles. The smallest absolute Gasteiger partial charge is 0.296 e. The van der Waals surface area contributed by atoms with Gasteiger partial charge in [0.25, 0.3) is 11.2 Å². The molecule has 0 fully saturated rings. The van der Waals surface area contributed by atoms with Gasteiger partial charge in [-0.25, -0.2) is 4.68 Å². The number of hydrogen-bond donors (Lipinski definition) is 1. The largest absolute Gasteiger partial charge is 0.493 e. The van der Waals surface area contributed by atoms with E-state index in [1.165, 1.54) is 27.6 Å². The number of nitrogens with zero attached hydrogens (tertiary/aromatic N) is 6. The molecule has 2 aromatic heterocycles. The Labute approximate surface area is 213 Å². The second-order valence-corrected chi connectivity index (χ2v) is 9.58. The predicted octanol–water partition coefficient (Wildman–Crippen LogP) is 4.55. The van der Waals surface area contributed by atoms with Crippen molar-refractivity contribution in [1.82, 2.24) is 13.9 Å². The van der Waals surface area contributed by atoms with Crippen molar-refractivity contribution in [1.29, 1.82) is 0 Å². The first-order valence-electron chi connectivity index (χ1n) is 10.6. The lowest BCUT2D eigenvalue weighted by atomic mass is 10.0. The summed E-state index contributed by atoms with van der Waals surface area (Å²) in [7, 11) is 1.76. The molecule has 1 N–H and O–H groups in total. The van der Waals surface area contributed by atoms with Gasteiger partial charge < -0.3 is 5.11 Å². The quantitative estimate of drug-likeness (QED) is 0.236. The molecule has 3 heterocycles.